The highest BCUT2D eigenvalue weighted by Gasteiger charge is 2.31. The van der Waals surface area contributed by atoms with Gasteiger partial charge in [0, 0.05) is 129 Å². The third-order valence-corrected chi connectivity index (χ3v) is 18.4. The van der Waals surface area contributed by atoms with Crippen molar-refractivity contribution in [2.45, 2.75) is 13.1 Å². The quantitative estimate of drug-likeness (QED) is 0.134. The van der Waals surface area contributed by atoms with E-state index >= 15 is 0 Å². The molecule has 7 aromatic carbocycles. The molecule has 0 bridgehead atoms. The van der Waals surface area contributed by atoms with E-state index in [1.54, 1.807) is 93.2 Å². The van der Waals surface area contributed by atoms with Gasteiger partial charge < -0.3 is 43.1 Å². The first-order valence-electron chi connectivity index (χ1n) is 31.8. The minimum Gasteiger partial charge on any atom is -0.366 e. The third-order valence-electron chi connectivity index (χ3n) is 18.0. The van der Waals surface area contributed by atoms with Gasteiger partial charge in [0.2, 0.25) is 0 Å². The number of piperazine rings is 3. The van der Waals surface area contributed by atoms with Crippen LogP contribution in [-0.4, -0.2) is 135 Å². The van der Waals surface area contributed by atoms with Gasteiger partial charge in [-0.3, -0.25) is 33.9 Å². The average molecular weight is 1360 g/mol. The number of pyridine rings is 3. The van der Waals surface area contributed by atoms with Crippen molar-refractivity contribution >= 4 is 90.7 Å². The van der Waals surface area contributed by atoms with Crippen LogP contribution in [0.1, 0.15) is 59.0 Å². The first-order chi connectivity index (χ1) is 48.0. The van der Waals surface area contributed by atoms with Gasteiger partial charge in [-0.15, -0.1) is 0 Å². The number of carbonyl (C=O) groups is 3. The number of carbonyl (C=O) groups excluding carboxylic acids is 3. The summed E-state index contributed by atoms with van der Waals surface area (Å²) in [7, 11) is 1.68. The molecule has 1 N–H and O–H groups in total. The van der Waals surface area contributed by atoms with Gasteiger partial charge in [0.25, 0.3) is 34.4 Å². The van der Waals surface area contributed by atoms with Crippen LogP contribution < -0.4 is 31.4 Å². The summed E-state index contributed by atoms with van der Waals surface area (Å²) in [5.41, 5.74) is 6.30. The summed E-state index contributed by atoms with van der Waals surface area (Å²) in [5.74, 6) is -1.10. The van der Waals surface area contributed by atoms with Crippen LogP contribution in [0.5, 0.6) is 0 Å². The van der Waals surface area contributed by atoms with Crippen LogP contribution in [0, 0.1) is 45.6 Å². The molecule has 3 fully saturated rings. The lowest BCUT2D eigenvalue weighted by atomic mass is 10.1. The fourth-order valence-corrected chi connectivity index (χ4v) is 13.2. The van der Waals surface area contributed by atoms with Crippen molar-refractivity contribution in [3.63, 3.8) is 0 Å². The van der Waals surface area contributed by atoms with Crippen LogP contribution in [0.4, 0.5) is 25.8 Å². The minimum absolute atomic E-state index is 0.00866. The molecule has 24 heteroatoms. The van der Waals surface area contributed by atoms with Crippen molar-refractivity contribution in [3.8, 4) is 18.2 Å². The lowest BCUT2D eigenvalue weighted by Gasteiger charge is -2.37. The number of hydrogen-bond acceptors (Lipinski definition) is 13. The Morgan fingerprint density at radius 2 is 0.838 bits per heavy atom. The third kappa shape index (κ3) is 14.1. The number of halogens is 4. The van der Waals surface area contributed by atoms with E-state index in [1.807, 2.05) is 93.6 Å². The first-order valence-corrected chi connectivity index (χ1v) is 32.5. The summed E-state index contributed by atoms with van der Waals surface area (Å²) < 4.78 is 31.3. The number of anilines is 3. The zero-order valence-electron chi connectivity index (χ0n) is 53.5. The fraction of sp³-hybridized carbons (Fsp3) is 0.200. The van der Waals surface area contributed by atoms with Crippen molar-refractivity contribution in [2.24, 2.45) is 7.05 Å². The highest BCUT2D eigenvalue weighted by molar-refractivity contribution is 6.31. The average Bonchev–Trinajstić information content (AvgIpc) is 0.803. The standard InChI is InChI=1S/C28H21Cl2FN4O2.C28H23FN4O2.C19H18N6O2/c29-20-5-3-19(4-6-20)27(36)34-13-11-33(12-14-34)26-23-15-21(30)7-10-25(23)35(28(37)24(26)16-32)17-18-1-8-22(31)9-2-18;29-22-12-10-21(11-13-22)27(34)32-16-14-31(15-17-32)26-23-8-4-5-9-25(23)33(28(35)24(26)18-30)19-20-6-2-1-3-7-20;1-23-16-5-3-2-4-13(16)17(14(12-20)18(23)26)24-8-10-25(11-9-24)19(27)15-6-7-21-22-15/h1-10,15H,11-14,17H2;1-13H,14-17,19H2;2-7H,8-11H2,1H3,(H,21,22). The molecule has 0 aliphatic carbocycles. The van der Waals surface area contributed by atoms with Gasteiger partial charge in [-0.1, -0.05) is 102 Å². The molecule has 0 spiro atoms. The number of amides is 3. The molecule has 99 heavy (non-hydrogen) atoms. The Morgan fingerprint density at radius 3 is 1.32 bits per heavy atom. The highest BCUT2D eigenvalue weighted by atomic mass is 35.5. The van der Waals surface area contributed by atoms with Crippen LogP contribution in [0.15, 0.2) is 197 Å². The van der Waals surface area contributed by atoms with Crippen molar-refractivity contribution in [1.82, 2.24) is 38.6 Å². The summed E-state index contributed by atoms with van der Waals surface area (Å²) in [5, 5.41) is 39.6. The lowest BCUT2D eigenvalue weighted by Crippen LogP contribution is -2.49. The molecule has 14 rings (SSSR count). The SMILES string of the molecule is Cn1c(=O)c(C#N)c(N2CCN(C(=O)c3ccn[nH]3)CC2)c2ccccc21.N#Cc1c(N2CCN(C(=O)c3ccc(Cl)cc3)CC2)c2cc(Cl)ccc2n(Cc2ccc(F)cc2)c1=O.N#Cc1c(N2CCN(C(=O)c3ccc(F)cc3)CC2)c2ccccc2n(Cc2ccccc2)c1=O. The lowest BCUT2D eigenvalue weighted by molar-refractivity contribution is 0.0735. The van der Waals surface area contributed by atoms with E-state index in [2.05, 4.69) is 28.4 Å². The van der Waals surface area contributed by atoms with E-state index in [0.29, 0.717) is 140 Å². The number of nitrogens with one attached hydrogen (secondary N) is 1. The number of aryl methyl sites for hydroxylation is 1. The number of nitrogens with zero attached hydrogens (tertiary/aromatic N) is 13. The van der Waals surface area contributed by atoms with Crippen LogP contribution in [-0.2, 0) is 20.1 Å². The molecule has 3 aliphatic rings. The van der Waals surface area contributed by atoms with Crippen molar-refractivity contribution < 1.29 is 23.2 Å². The van der Waals surface area contributed by atoms with Crippen molar-refractivity contribution in [2.75, 3.05) is 93.2 Å². The second kappa shape index (κ2) is 29.6. The van der Waals surface area contributed by atoms with E-state index in [0.717, 1.165) is 32.9 Å². The molecule has 4 aromatic heterocycles. The number of fused-ring (bicyclic) bond motifs is 3. The van der Waals surface area contributed by atoms with E-state index in [9.17, 15) is 53.3 Å². The molecule has 0 atom stereocenters. The topological polar surface area (TPSA) is 237 Å². The number of nitriles is 3. The van der Waals surface area contributed by atoms with Gasteiger partial charge in [-0.25, -0.2) is 8.78 Å². The van der Waals surface area contributed by atoms with Gasteiger partial charge in [-0.05, 0) is 108 Å². The van der Waals surface area contributed by atoms with Crippen LogP contribution >= 0.6 is 23.2 Å². The van der Waals surface area contributed by atoms with Crippen LogP contribution in [0.2, 0.25) is 10.0 Å². The molecule has 0 unspecified atom stereocenters. The monoisotopic (exact) mass is 1360 g/mol. The van der Waals surface area contributed by atoms with E-state index < -0.39 is 5.56 Å². The molecule has 3 saturated heterocycles. The summed E-state index contributed by atoms with van der Waals surface area (Å²) >= 11 is 12.3. The summed E-state index contributed by atoms with van der Waals surface area (Å²) in [6.07, 6.45) is 1.55. The number of benzene rings is 7. The molecule has 20 nitrogen and oxygen atoms in total. The number of hydrogen-bond donors (Lipinski definition) is 1. The fourth-order valence-electron chi connectivity index (χ4n) is 12.9. The largest absolute Gasteiger partial charge is 0.366 e. The number of aromatic amines is 1. The second-order valence-electron chi connectivity index (χ2n) is 23.8. The van der Waals surface area contributed by atoms with Crippen LogP contribution in [0.25, 0.3) is 32.7 Å². The maximum absolute atomic E-state index is 13.6. The van der Waals surface area contributed by atoms with Crippen molar-refractivity contribution in [1.29, 1.82) is 15.8 Å². The smallest absolute Gasteiger partial charge is 0.271 e. The molecule has 0 radical (unpaired) electrons. The van der Waals surface area contributed by atoms with E-state index in [1.165, 1.54) is 45.5 Å². The first kappa shape index (κ1) is 67.1. The molecule has 3 aliphatic heterocycles. The van der Waals surface area contributed by atoms with E-state index in [-0.39, 0.29) is 63.7 Å². The Morgan fingerprint density at radius 1 is 0.444 bits per heavy atom. The zero-order chi connectivity index (χ0) is 69.4. The predicted octanol–water partition coefficient (Wildman–Crippen LogP) is 10.4. The number of rotatable bonds is 10. The van der Waals surface area contributed by atoms with Gasteiger partial charge in [-0.2, -0.15) is 20.9 Å². The minimum atomic E-state index is -0.434. The van der Waals surface area contributed by atoms with Gasteiger partial charge >= 0.3 is 0 Å². The number of aromatic nitrogens is 5. The maximum Gasteiger partial charge on any atom is 0.271 e. The van der Waals surface area contributed by atoms with Gasteiger partial charge in [0.1, 0.15) is 52.2 Å². The Hall–Kier alpha value is -11.9. The normalized spacial score (nSPS) is 13.8. The van der Waals surface area contributed by atoms with Crippen LogP contribution in [0.3, 0.4) is 0 Å². The molecular weight excluding hydrogens is 1300 g/mol. The number of H-pyrrole nitrogens is 1. The van der Waals surface area contributed by atoms with Crippen molar-refractivity contribution in [3.05, 3.63) is 280 Å². The summed E-state index contributed by atoms with van der Waals surface area (Å²) in [6.45, 7) is 6.21. The predicted molar refractivity (Wildman–Crippen MR) is 377 cm³/mol. The Kier molecular flexibility index (Phi) is 20.1. The molecule has 0 saturated carbocycles. The Labute approximate surface area is 576 Å². The Balaban J connectivity index is 0.000000143. The highest BCUT2D eigenvalue weighted by Crippen LogP contribution is 2.35. The van der Waals surface area contributed by atoms with Gasteiger partial charge in [0.15, 0.2) is 0 Å². The molecule has 496 valence electrons. The maximum atomic E-state index is 13.6. The molecular formula is C75H62Cl2F2N14O6. The van der Waals surface area contributed by atoms with E-state index in [4.69, 9.17) is 23.2 Å². The number of para-hydroxylation sites is 2. The van der Waals surface area contributed by atoms with Gasteiger partial charge in [0.05, 0.1) is 46.7 Å². The molecule has 3 amide bonds. The second-order valence-corrected chi connectivity index (χ2v) is 24.7. The molecule has 7 heterocycles. The molecule has 11 aromatic rings. The summed E-state index contributed by atoms with van der Waals surface area (Å²) in [4.78, 5) is 89.2. The summed E-state index contributed by atoms with van der Waals surface area (Å²) in [6, 6.07) is 56.2. The zero-order valence-corrected chi connectivity index (χ0v) is 55.0. The Bertz CT molecular complexity index is 5200.